The fourth-order valence-corrected chi connectivity index (χ4v) is 1.52. The summed E-state index contributed by atoms with van der Waals surface area (Å²) in [6.07, 6.45) is 1.67. The van der Waals surface area contributed by atoms with Crippen LogP contribution in [0, 0.1) is 0 Å². The van der Waals surface area contributed by atoms with Crippen LogP contribution in [0.1, 0.15) is 5.69 Å². The van der Waals surface area contributed by atoms with Gasteiger partial charge in [-0.15, -0.1) is 0 Å². The number of aliphatic hydroxyl groups excluding tert-OH is 2. The van der Waals surface area contributed by atoms with E-state index in [1.807, 2.05) is 4.90 Å². The van der Waals surface area contributed by atoms with E-state index in [1.165, 1.54) is 6.39 Å². The summed E-state index contributed by atoms with van der Waals surface area (Å²) >= 11 is 0. The maximum Gasteiger partial charge on any atom is 0.180 e. The van der Waals surface area contributed by atoms with Crippen LogP contribution < -0.4 is 0 Å². The summed E-state index contributed by atoms with van der Waals surface area (Å²) < 4.78 is 4.82. The van der Waals surface area contributed by atoms with Gasteiger partial charge in [-0.1, -0.05) is 0 Å². The Hall–Kier alpha value is -0.910. The highest BCUT2D eigenvalue weighted by atomic mass is 16.3. The van der Waals surface area contributed by atoms with Gasteiger partial charge in [-0.3, -0.25) is 4.90 Å². The van der Waals surface area contributed by atoms with Crippen LogP contribution in [0.25, 0.3) is 0 Å². The number of hydrogen-bond donors (Lipinski definition) is 2. The minimum atomic E-state index is -0.632. The number of hydrogen-bond acceptors (Lipinski definition) is 5. The lowest BCUT2D eigenvalue weighted by molar-refractivity contribution is 0.0572. The smallest absolute Gasteiger partial charge is 0.180 e. The lowest BCUT2D eigenvalue weighted by atomic mass is 10.3. The van der Waals surface area contributed by atoms with Crippen molar-refractivity contribution in [2.75, 3.05) is 13.1 Å². The summed E-state index contributed by atoms with van der Waals surface area (Å²) in [7, 11) is 0. The molecular weight excluding hydrogens is 172 g/mol. The molecule has 72 valence electrons. The average molecular weight is 184 g/mol. The Balaban J connectivity index is 1.91. The molecule has 2 heterocycles. The van der Waals surface area contributed by atoms with Crippen molar-refractivity contribution in [3.05, 3.63) is 18.4 Å². The molecule has 2 rings (SSSR count). The predicted octanol–water partition coefficient (Wildman–Crippen LogP) is -0.788. The lowest BCUT2D eigenvalue weighted by Crippen LogP contribution is -2.22. The van der Waals surface area contributed by atoms with Gasteiger partial charge in [0, 0.05) is 19.6 Å². The quantitative estimate of drug-likeness (QED) is 0.630. The fourth-order valence-electron chi connectivity index (χ4n) is 1.52. The van der Waals surface area contributed by atoms with Crippen LogP contribution >= 0.6 is 0 Å². The molecule has 1 aliphatic heterocycles. The van der Waals surface area contributed by atoms with Gasteiger partial charge in [0.15, 0.2) is 6.39 Å². The third kappa shape index (κ3) is 1.88. The monoisotopic (exact) mass is 184 g/mol. The standard InChI is InChI=1S/C8H12N2O3/c11-7-2-10(3-8(7)12)1-6-4-13-5-9-6/h4-5,7-8,11-12H,1-3H2/t7-,8+. The summed E-state index contributed by atoms with van der Waals surface area (Å²) in [6.45, 7) is 1.60. The first-order chi connectivity index (χ1) is 6.25. The molecule has 1 aromatic heterocycles. The van der Waals surface area contributed by atoms with Gasteiger partial charge in [-0.05, 0) is 0 Å². The van der Waals surface area contributed by atoms with Crippen molar-refractivity contribution in [2.45, 2.75) is 18.8 Å². The van der Waals surface area contributed by atoms with Gasteiger partial charge in [0.05, 0.1) is 17.9 Å². The second-order valence-electron chi connectivity index (χ2n) is 3.31. The molecule has 0 aromatic carbocycles. The number of aromatic nitrogens is 1. The molecule has 0 spiro atoms. The highest BCUT2D eigenvalue weighted by Gasteiger charge is 2.29. The van der Waals surface area contributed by atoms with Gasteiger partial charge < -0.3 is 14.6 Å². The van der Waals surface area contributed by atoms with E-state index in [-0.39, 0.29) is 0 Å². The van der Waals surface area contributed by atoms with E-state index in [0.29, 0.717) is 19.6 Å². The number of likely N-dealkylation sites (tertiary alicyclic amines) is 1. The number of nitrogens with zero attached hydrogens (tertiary/aromatic N) is 2. The summed E-state index contributed by atoms with van der Waals surface area (Å²) in [6, 6.07) is 0. The number of oxazole rings is 1. The first-order valence-corrected chi connectivity index (χ1v) is 4.21. The Morgan fingerprint density at radius 2 is 2.15 bits per heavy atom. The van der Waals surface area contributed by atoms with Crippen LogP contribution in [0.2, 0.25) is 0 Å². The van der Waals surface area contributed by atoms with Crippen LogP contribution in [-0.2, 0) is 6.54 Å². The molecule has 0 saturated carbocycles. The Morgan fingerprint density at radius 3 is 2.69 bits per heavy atom. The maximum absolute atomic E-state index is 9.26. The number of rotatable bonds is 2. The highest BCUT2D eigenvalue weighted by Crippen LogP contribution is 2.12. The zero-order chi connectivity index (χ0) is 9.26. The third-order valence-electron chi connectivity index (χ3n) is 2.20. The van der Waals surface area contributed by atoms with Gasteiger partial charge >= 0.3 is 0 Å². The Kier molecular flexibility index (Phi) is 2.30. The average Bonchev–Trinajstić information content (AvgIpc) is 2.64. The van der Waals surface area contributed by atoms with E-state index < -0.39 is 12.2 Å². The SMILES string of the molecule is O[C@@H]1CN(Cc2cocn2)C[C@@H]1O. The second-order valence-corrected chi connectivity index (χ2v) is 3.31. The van der Waals surface area contributed by atoms with E-state index >= 15 is 0 Å². The molecule has 1 aromatic rings. The van der Waals surface area contributed by atoms with E-state index in [9.17, 15) is 10.2 Å². The van der Waals surface area contributed by atoms with Crippen LogP contribution in [0.3, 0.4) is 0 Å². The van der Waals surface area contributed by atoms with Crippen molar-refractivity contribution in [1.82, 2.24) is 9.88 Å². The molecule has 5 nitrogen and oxygen atoms in total. The molecule has 0 amide bonds. The number of β-amino-alcohol motifs (C(OH)–C–C–N with tert-alkyl or cyclic N) is 2. The highest BCUT2D eigenvalue weighted by molar-refractivity contribution is 4.94. The van der Waals surface area contributed by atoms with Gasteiger partial charge in [-0.25, -0.2) is 4.98 Å². The Morgan fingerprint density at radius 1 is 1.46 bits per heavy atom. The Labute approximate surface area is 75.6 Å². The van der Waals surface area contributed by atoms with Crippen LogP contribution in [0.15, 0.2) is 17.1 Å². The van der Waals surface area contributed by atoms with Crippen LogP contribution in [0.4, 0.5) is 0 Å². The molecule has 0 bridgehead atoms. The molecule has 0 unspecified atom stereocenters. The van der Waals surface area contributed by atoms with E-state index in [0.717, 1.165) is 5.69 Å². The lowest BCUT2D eigenvalue weighted by Gasteiger charge is -2.11. The molecule has 5 heteroatoms. The number of aliphatic hydroxyl groups is 2. The minimum absolute atomic E-state index is 0.494. The summed E-state index contributed by atoms with van der Waals surface area (Å²) in [4.78, 5) is 5.90. The van der Waals surface area contributed by atoms with Crippen molar-refractivity contribution in [3.8, 4) is 0 Å². The van der Waals surface area contributed by atoms with Gasteiger partial charge in [-0.2, -0.15) is 0 Å². The van der Waals surface area contributed by atoms with Crippen molar-refractivity contribution in [1.29, 1.82) is 0 Å². The van der Waals surface area contributed by atoms with E-state index in [4.69, 9.17) is 4.42 Å². The zero-order valence-corrected chi connectivity index (χ0v) is 7.13. The minimum Gasteiger partial charge on any atom is -0.451 e. The van der Waals surface area contributed by atoms with Crippen molar-refractivity contribution in [3.63, 3.8) is 0 Å². The second kappa shape index (κ2) is 3.45. The first-order valence-electron chi connectivity index (χ1n) is 4.21. The van der Waals surface area contributed by atoms with E-state index in [2.05, 4.69) is 4.98 Å². The van der Waals surface area contributed by atoms with Crippen molar-refractivity contribution in [2.24, 2.45) is 0 Å². The maximum atomic E-state index is 9.26. The van der Waals surface area contributed by atoms with Crippen molar-refractivity contribution >= 4 is 0 Å². The topological polar surface area (TPSA) is 69.7 Å². The third-order valence-corrected chi connectivity index (χ3v) is 2.20. The molecule has 0 aliphatic carbocycles. The van der Waals surface area contributed by atoms with Gasteiger partial charge in [0.2, 0.25) is 0 Å². The molecule has 13 heavy (non-hydrogen) atoms. The Bertz CT molecular complexity index is 252. The zero-order valence-electron chi connectivity index (χ0n) is 7.13. The molecule has 1 fully saturated rings. The molecule has 2 N–H and O–H groups in total. The molecule has 2 atom stereocenters. The summed E-state index contributed by atoms with van der Waals surface area (Å²) in [5.41, 5.74) is 0.821. The normalized spacial score (nSPS) is 29.7. The largest absolute Gasteiger partial charge is 0.451 e. The van der Waals surface area contributed by atoms with Crippen LogP contribution in [0.5, 0.6) is 0 Å². The van der Waals surface area contributed by atoms with Crippen LogP contribution in [-0.4, -0.2) is 45.4 Å². The summed E-state index contributed by atoms with van der Waals surface area (Å²) in [5.74, 6) is 0. The predicted molar refractivity (Wildman–Crippen MR) is 43.8 cm³/mol. The molecule has 1 saturated heterocycles. The molecular formula is C8H12N2O3. The van der Waals surface area contributed by atoms with E-state index in [1.54, 1.807) is 6.26 Å². The van der Waals surface area contributed by atoms with Gasteiger partial charge in [0.25, 0.3) is 0 Å². The molecule has 1 aliphatic rings. The first kappa shape index (κ1) is 8.68. The summed E-state index contributed by atoms with van der Waals surface area (Å²) in [5, 5.41) is 18.5. The van der Waals surface area contributed by atoms with Gasteiger partial charge in [0.1, 0.15) is 6.26 Å². The fraction of sp³-hybridized carbons (Fsp3) is 0.625. The van der Waals surface area contributed by atoms with Crippen molar-refractivity contribution < 1.29 is 14.6 Å². The molecule has 0 radical (unpaired) electrons.